The second-order valence-corrected chi connectivity index (χ2v) is 4.90. The second-order valence-electron chi connectivity index (χ2n) is 4.69. The SMILES string of the molecule is CNc1ccc(OC)cc1C(=O)N(C=S)Cc1ccccc1. The van der Waals surface area contributed by atoms with Crippen LogP contribution in [0.15, 0.2) is 48.5 Å². The van der Waals surface area contributed by atoms with Crippen molar-refractivity contribution in [2.24, 2.45) is 0 Å². The van der Waals surface area contributed by atoms with Gasteiger partial charge in [-0.3, -0.25) is 4.79 Å². The minimum Gasteiger partial charge on any atom is -0.497 e. The van der Waals surface area contributed by atoms with E-state index in [1.807, 2.05) is 42.5 Å². The first-order valence-electron chi connectivity index (χ1n) is 6.85. The molecular formula is C17H18N2O2S. The maximum atomic E-state index is 12.8. The summed E-state index contributed by atoms with van der Waals surface area (Å²) in [6.07, 6.45) is 0. The zero-order valence-electron chi connectivity index (χ0n) is 12.6. The maximum absolute atomic E-state index is 12.8. The van der Waals surface area contributed by atoms with Gasteiger partial charge in [-0.2, -0.15) is 0 Å². The van der Waals surface area contributed by atoms with E-state index in [0.29, 0.717) is 17.9 Å². The van der Waals surface area contributed by atoms with Crippen molar-refractivity contribution in [1.82, 2.24) is 4.90 Å². The van der Waals surface area contributed by atoms with E-state index in [1.54, 1.807) is 20.2 Å². The van der Waals surface area contributed by atoms with Crippen molar-refractivity contribution in [1.29, 1.82) is 0 Å². The number of hydrogen-bond acceptors (Lipinski definition) is 4. The van der Waals surface area contributed by atoms with Gasteiger partial charge < -0.3 is 15.0 Å². The molecule has 5 heteroatoms. The normalized spacial score (nSPS) is 9.91. The highest BCUT2D eigenvalue weighted by Crippen LogP contribution is 2.23. The third-order valence-corrected chi connectivity index (χ3v) is 3.56. The highest BCUT2D eigenvalue weighted by atomic mass is 32.1. The van der Waals surface area contributed by atoms with Gasteiger partial charge in [-0.25, -0.2) is 0 Å². The summed E-state index contributed by atoms with van der Waals surface area (Å²) in [5.74, 6) is 0.466. The van der Waals surface area contributed by atoms with E-state index in [1.165, 1.54) is 10.4 Å². The summed E-state index contributed by atoms with van der Waals surface area (Å²) in [6, 6.07) is 15.1. The Kier molecular flexibility index (Phi) is 5.49. The van der Waals surface area contributed by atoms with E-state index >= 15 is 0 Å². The summed E-state index contributed by atoms with van der Waals surface area (Å²) in [5.41, 5.74) is 3.67. The van der Waals surface area contributed by atoms with Crippen LogP contribution in [0, 0.1) is 0 Å². The van der Waals surface area contributed by atoms with Gasteiger partial charge in [0.1, 0.15) is 5.75 Å². The molecule has 1 amide bonds. The molecule has 0 atom stereocenters. The molecule has 114 valence electrons. The van der Waals surface area contributed by atoms with Crippen molar-refractivity contribution >= 4 is 29.3 Å². The summed E-state index contributed by atoms with van der Waals surface area (Å²) < 4.78 is 5.20. The van der Waals surface area contributed by atoms with Crippen LogP contribution in [0.4, 0.5) is 5.69 Å². The van der Waals surface area contributed by atoms with Crippen LogP contribution in [0.25, 0.3) is 0 Å². The summed E-state index contributed by atoms with van der Waals surface area (Å²) in [7, 11) is 3.35. The van der Waals surface area contributed by atoms with Crippen LogP contribution in [0.5, 0.6) is 5.75 Å². The Bertz CT molecular complexity index is 659. The van der Waals surface area contributed by atoms with Crippen LogP contribution < -0.4 is 10.1 Å². The number of hydrogen-bond donors (Lipinski definition) is 1. The Balaban J connectivity index is 2.30. The Morgan fingerprint density at radius 1 is 1.27 bits per heavy atom. The van der Waals surface area contributed by atoms with Gasteiger partial charge in [-0.05, 0) is 23.8 Å². The van der Waals surface area contributed by atoms with Gasteiger partial charge in [0.2, 0.25) is 0 Å². The molecule has 0 bridgehead atoms. The Morgan fingerprint density at radius 3 is 2.59 bits per heavy atom. The molecule has 1 N–H and O–H groups in total. The molecule has 4 nitrogen and oxygen atoms in total. The Hall–Kier alpha value is -2.40. The van der Waals surface area contributed by atoms with Crippen molar-refractivity contribution in [3.63, 3.8) is 0 Å². The zero-order chi connectivity index (χ0) is 15.9. The molecule has 0 aliphatic rings. The predicted molar refractivity (Wildman–Crippen MR) is 92.5 cm³/mol. The molecule has 0 unspecified atom stereocenters. The van der Waals surface area contributed by atoms with Gasteiger partial charge >= 0.3 is 0 Å². The number of ether oxygens (including phenoxy) is 1. The molecule has 2 rings (SSSR count). The zero-order valence-corrected chi connectivity index (χ0v) is 13.4. The number of methoxy groups -OCH3 is 1. The lowest BCUT2D eigenvalue weighted by Gasteiger charge is -2.19. The lowest BCUT2D eigenvalue weighted by Crippen LogP contribution is -2.29. The maximum Gasteiger partial charge on any atom is 0.261 e. The van der Waals surface area contributed by atoms with Crippen molar-refractivity contribution in [2.75, 3.05) is 19.5 Å². The van der Waals surface area contributed by atoms with E-state index in [9.17, 15) is 4.79 Å². The average Bonchev–Trinajstić information content (AvgIpc) is 2.59. The Morgan fingerprint density at radius 2 is 2.00 bits per heavy atom. The van der Waals surface area contributed by atoms with Crippen molar-refractivity contribution in [2.45, 2.75) is 6.54 Å². The number of thiocarbonyl (C=S) groups is 1. The number of rotatable bonds is 6. The highest BCUT2D eigenvalue weighted by Gasteiger charge is 2.18. The molecule has 0 saturated heterocycles. The van der Waals surface area contributed by atoms with Gasteiger partial charge in [0.15, 0.2) is 0 Å². The van der Waals surface area contributed by atoms with Crippen LogP contribution in [0.3, 0.4) is 0 Å². The van der Waals surface area contributed by atoms with Gasteiger partial charge in [-0.1, -0.05) is 42.5 Å². The molecule has 0 aliphatic carbocycles. The molecule has 0 spiro atoms. The molecule has 2 aromatic rings. The molecule has 22 heavy (non-hydrogen) atoms. The Labute approximate surface area is 135 Å². The first kappa shape index (κ1) is 16.0. The lowest BCUT2D eigenvalue weighted by molar-refractivity contribution is 0.0848. The quantitative estimate of drug-likeness (QED) is 0.830. The third-order valence-electron chi connectivity index (χ3n) is 3.31. The highest BCUT2D eigenvalue weighted by molar-refractivity contribution is 7.78. The van der Waals surface area contributed by atoms with Crippen molar-refractivity contribution in [3.05, 3.63) is 59.7 Å². The number of nitrogens with one attached hydrogen (secondary N) is 1. The monoisotopic (exact) mass is 314 g/mol. The van der Waals surface area contributed by atoms with Crippen LogP contribution >= 0.6 is 12.2 Å². The standard InChI is InChI=1S/C17H18N2O2S/c1-18-16-9-8-14(21-2)10-15(16)17(20)19(12-22)11-13-6-4-3-5-7-13/h3-10,12,18H,11H2,1-2H3. The van der Waals surface area contributed by atoms with Gasteiger partial charge in [0, 0.05) is 12.7 Å². The number of benzene rings is 2. The fourth-order valence-corrected chi connectivity index (χ4v) is 2.31. The first-order chi connectivity index (χ1) is 10.7. The second kappa shape index (κ2) is 7.56. The van der Waals surface area contributed by atoms with E-state index in [0.717, 1.165) is 11.3 Å². The summed E-state index contributed by atoms with van der Waals surface area (Å²) in [5, 5.41) is 3.02. The van der Waals surface area contributed by atoms with Crippen molar-refractivity contribution in [3.8, 4) is 5.75 Å². The molecule has 0 radical (unpaired) electrons. The summed E-state index contributed by atoms with van der Waals surface area (Å²) in [6.45, 7) is 0.434. The molecule has 0 heterocycles. The summed E-state index contributed by atoms with van der Waals surface area (Å²) in [4.78, 5) is 14.3. The number of anilines is 1. The number of carbonyl (C=O) groups excluding carboxylic acids is 1. The molecule has 0 fully saturated rings. The van der Waals surface area contributed by atoms with Crippen molar-refractivity contribution < 1.29 is 9.53 Å². The fourth-order valence-electron chi connectivity index (χ4n) is 2.14. The van der Waals surface area contributed by atoms with Gasteiger partial charge in [0.05, 0.1) is 24.7 Å². The van der Waals surface area contributed by atoms with E-state index in [4.69, 9.17) is 17.0 Å². The first-order valence-corrected chi connectivity index (χ1v) is 7.32. The average molecular weight is 314 g/mol. The molecular weight excluding hydrogens is 296 g/mol. The van der Waals surface area contributed by atoms with Crippen LogP contribution in [0.2, 0.25) is 0 Å². The molecule has 0 aromatic heterocycles. The smallest absolute Gasteiger partial charge is 0.261 e. The fraction of sp³-hybridized carbons (Fsp3) is 0.176. The van der Waals surface area contributed by atoms with Gasteiger partial charge in [-0.15, -0.1) is 0 Å². The molecule has 0 saturated carbocycles. The van der Waals surface area contributed by atoms with E-state index in [-0.39, 0.29) is 5.91 Å². The van der Waals surface area contributed by atoms with Crippen LogP contribution in [0.1, 0.15) is 15.9 Å². The van der Waals surface area contributed by atoms with Crippen LogP contribution in [-0.4, -0.2) is 30.5 Å². The number of carbonyl (C=O) groups is 1. The topological polar surface area (TPSA) is 41.6 Å². The number of nitrogens with zero attached hydrogens (tertiary/aromatic N) is 1. The minimum atomic E-state index is -0.165. The largest absolute Gasteiger partial charge is 0.497 e. The molecule has 2 aromatic carbocycles. The molecule has 0 aliphatic heterocycles. The summed E-state index contributed by atoms with van der Waals surface area (Å²) >= 11 is 5.02. The van der Waals surface area contributed by atoms with Gasteiger partial charge in [0.25, 0.3) is 5.91 Å². The predicted octanol–water partition coefficient (Wildman–Crippen LogP) is 3.34. The third kappa shape index (κ3) is 3.62. The minimum absolute atomic E-state index is 0.165. The van der Waals surface area contributed by atoms with E-state index < -0.39 is 0 Å². The van der Waals surface area contributed by atoms with Crippen LogP contribution in [-0.2, 0) is 6.54 Å². The van der Waals surface area contributed by atoms with E-state index in [2.05, 4.69) is 5.32 Å². The lowest BCUT2D eigenvalue weighted by atomic mass is 10.1. The number of amides is 1.